The zero-order valence-corrected chi connectivity index (χ0v) is 10.2. The lowest BCUT2D eigenvalue weighted by atomic mass is 10.0. The van der Waals surface area contributed by atoms with Gasteiger partial charge in [0.25, 0.3) is 0 Å². The van der Waals surface area contributed by atoms with Crippen LogP contribution in [0.15, 0.2) is 18.2 Å². The fourth-order valence-electron chi connectivity index (χ4n) is 2.30. The van der Waals surface area contributed by atoms with Gasteiger partial charge in [0.05, 0.1) is 0 Å². The van der Waals surface area contributed by atoms with Gasteiger partial charge in [0.15, 0.2) is 0 Å². The molecule has 0 unspecified atom stereocenters. The molecule has 1 amide bonds. The molecule has 1 aliphatic heterocycles. The Morgan fingerprint density at radius 1 is 1.50 bits per heavy atom. The fourth-order valence-corrected chi connectivity index (χ4v) is 2.30. The molecule has 1 atom stereocenters. The monoisotopic (exact) mass is 251 g/mol. The van der Waals surface area contributed by atoms with E-state index < -0.39 is 5.91 Å². The van der Waals surface area contributed by atoms with Gasteiger partial charge in [-0.25, -0.2) is 4.39 Å². The molecule has 0 bridgehead atoms. The lowest BCUT2D eigenvalue weighted by molar-refractivity contribution is 0.1000. The van der Waals surface area contributed by atoms with Crippen LogP contribution in [0, 0.1) is 5.82 Å². The number of amides is 1. The summed E-state index contributed by atoms with van der Waals surface area (Å²) in [4.78, 5) is 13.1. The molecule has 0 saturated carbocycles. The van der Waals surface area contributed by atoms with E-state index in [1.165, 1.54) is 6.07 Å². The van der Waals surface area contributed by atoms with Gasteiger partial charge in [-0.05, 0) is 31.5 Å². The second-order valence-corrected chi connectivity index (χ2v) is 4.81. The van der Waals surface area contributed by atoms with Crippen molar-refractivity contribution in [1.82, 2.24) is 4.90 Å². The van der Waals surface area contributed by atoms with Crippen LogP contribution >= 0.6 is 0 Å². The predicted octanol–water partition coefficient (Wildman–Crippen LogP) is 0.848. The Hall–Kier alpha value is -1.46. The summed E-state index contributed by atoms with van der Waals surface area (Å²) >= 11 is 0. The fraction of sp³-hybridized carbons (Fsp3) is 0.462. The van der Waals surface area contributed by atoms with Crippen LogP contribution in [0.4, 0.5) is 4.39 Å². The van der Waals surface area contributed by atoms with Gasteiger partial charge in [-0.2, -0.15) is 0 Å². The van der Waals surface area contributed by atoms with Crippen LogP contribution in [-0.4, -0.2) is 29.9 Å². The molecule has 0 spiro atoms. The Kier molecular flexibility index (Phi) is 3.93. The van der Waals surface area contributed by atoms with Crippen molar-refractivity contribution in [3.63, 3.8) is 0 Å². The van der Waals surface area contributed by atoms with Gasteiger partial charge in [-0.15, -0.1) is 0 Å². The third-order valence-corrected chi connectivity index (χ3v) is 3.27. The van der Waals surface area contributed by atoms with E-state index in [1.807, 2.05) is 0 Å². The zero-order chi connectivity index (χ0) is 13.1. The third kappa shape index (κ3) is 3.05. The van der Waals surface area contributed by atoms with Crippen molar-refractivity contribution in [1.29, 1.82) is 0 Å². The van der Waals surface area contributed by atoms with Crippen molar-refractivity contribution in [3.8, 4) is 0 Å². The smallest absolute Gasteiger partial charge is 0.248 e. The van der Waals surface area contributed by atoms with Crippen LogP contribution in [-0.2, 0) is 6.54 Å². The lowest BCUT2D eigenvalue weighted by Crippen LogP contribution is -2.42. The van der Waals surface area contributed by atoms with E-state index in [9.17, 15) is 9.18 Å². The average Bonchev–Trinajstić information content (AvgIpc) is 2.31. The topological polar surface area (TPSA) is 72.4 Å². The van der Waals surface area contributed by atoms with Gasteiger partial charge >= 0.3 is 0 Å². The van der Waals surface area contributed by atoms with E-state index in [0.29, 0.717) is 12.1 Å². The lowest BCUT2D eigenvalue weighted by Gasteiger charge is -2.30. The molecular formula is C13H18FN3O. The molecule has 5 heteroatoms. The SMILES string of the molecule is NC(=O)c1ccc(CN2CCC[C@@H](N)C2)c(F)c1. The van der Waals surface area contributed by atoms with E-state index >= 15 is 0 Å². The first-order chi connectivity index (χ1) is 8.56. The highest BCUT2D eigenvalue weighted by molar-refractivity contribution is 5.92. The minimum atomic E-state index is -0.611. The van der Waals surface area contributed by atoms with E-state index in [1.54, 1.807) is 12.1 Å². The molecule has 1 aromatic carbocycles. The second-order valence-electron chi connectivity index (χ2n) is 4.81. The van der Waals surface area contributed by atoms with Crippen molar-refractivity contribution in [2.45, 2.75) is 25.4 Å². The van der Waals surface area contributed by atoms with Gasteiger partial charge in [-0.1, -0.05) is 6.07 Å². The highest BCUT2D eigenvalue weighted by Gasteiger charge is 2.18. The molecule has 4 N–H and O–H groups in total. The first-order valence-electron chi connectivity index (χ1n) is 6.12. The zero-order valence-electron chi connectivity index (χ0n) is 10.2. The standard InChI is InChI=1S/C13H18FN3O/c14-12-6-9(13(16)18)3-4-10(12)7-17-5-1-2-11(15)8-17/h3-4,6,11H,1-2,5,7-8,15H2,(H2,16,18)/t11-/m1/s1. The average molecular weight is 251 g/mol. The van der Waals surface area contributed by atoms with Crippen molar-refractivity contribution < 1.29 is 9.18 Å². The summed E-state index contributed by atoms with van der Waals surface area (Å²) in [5.41, 5.74) is 11.8. The quantitative estimate of drug-likeness (QED) is 0.836. The minimum absolute atomic E-state index is 0.173. The number of nitrogens with two attached hydrogens (primary N) is 2. The van der Waals surface area contributed by atoms with Crippen LogP contribution < -0.4 is 11.5 Å². The van der Waals surface area contributed by atoms with E-state index in [2.05, 4.69) is 4.90 Å². The predicted molar refractivity (Wildman–Crippen MR) is 67.4 cm³/mol. The summed E-state index contributed by atoms with van der Waals surface area (Å²) < 4.78 is 13.8. The first kappa shape index (κ1) is 13.0. The van der Waals surface area contributed by atoms with Gasteiger partial charge in [-0.3, -0.25) is 9.69 Å². The maximum absolute atomic E-state index is 13.8. The van der Waals surface area contributed by atoms with Gasteiger partial charge in [0.2, 0.25) is 5.91 Å². The highest BCUT2D eigenvalue weighted by Crippen LogP contribution is 2.16. The number of likely N-dealkylation sites (tertiary alicyclic amines) is 1. The van der Waals surface area contributed by atoms with Crippen molar-refractivity contribution >= 4 is 5.91 Å². The maximum atomic E-state index is 13.8. The number of piperidine rings is 1. The largest absolute Gasteiger partial charge is 0.366 e. The maximum Gasteiger partial charge on any atom is 0.248 e. The molecule has 4 nitrogen and oxygen atoms in total. The summed E-state index contributed by atoms with van der Waals surface area (Å²) in [6, 6.07) is 4.55. The second kappa shape index (κ2) is 5.46. The summed E-state index contributed by atoms with van der Waals surface area (Å²) in [7, 11) is 0. The Morgan fingerprint density at radius 3 is 2.89 bits per heavy atom. The number of nitrogens with zero attached hydrogens (tertiary/aromatic N) is 1. The Morgan fingerprint density at radius 2 is 2.28 bits per heavy atom. The first-order valence-corrected chi connectivity index (χ1v) is 6.12. The number of hydrogen-bond donors (Lipinski definition) is 2. The molecule has 18 heavy (non-hydrogen) atoms. The van der Waals surface area contributed by atoms with Crippen molar-refractivity contribution in [3.05, 3.63) is 35.1 Å². The number of hydrogen-bond acceptors (Lipinski definition) is 3. The normalized spacial score (nSPS) is 20.9. The van der Waals surface area contributed by atoms with Crippen molar-refractivity contribution in [2.75, 3.05) is 13.1 Å². The van der Waals surface area contributed by atoms with Crippen LogP contribution in [0.2, 0.25) is 0 Å². The molecule has 1 fully saturated rings. The van der Waals surface area contributed by atoms with Crippen LogP contribution in [0.1, 0.15) is 28.8 Å². The van der Waals surface area contributed by atoms with Gasteiger partial charge < -0.3 is 11.5 Å². The summed E-state index contributed by atoms with van der Waals surface area (Å²) in [5.74, 6) is -0.995. The van der Waals surface area contributed by atoms with E-state index in [4.69, 9.17) is 11.5 Å². The van der Waals surface area contributed by atoms with Gasteiger partial charge in [0.1, 0.15) is 5.82 Å². The van der Waals surface area contributed by atoms with Gasteiger partial charge in [0, 0.05) is 30.3 Å². The van der Waals surface area contributed by atoms with E-state index in [0.717, 1.165) is 25.9 Å². The van der Waals surface area contributed by atoms with Crippen molar-refractivity contribution in [2.24, 2.45) is 11.5 Å². The Labute approximate surface area is 106 Å². The summed E-state index contributed by atoms with van der Waals surface area (Å²) in [6.45, 7) is 2.25. The molecule has 98 valence electrons. The molecule has 2 rings (SSSR count). The molecule has 1 saturated heterocycles. The number of primary amides is 1. The number of benzene rings is 1. The molecule has 0 aromatic heterocycles. The number of halogens is 1. The Balaban J connectivity index is 2.07. The Bertz CT molecular complexity index is 450. The number of carbonyl (C=O) groups excluding carboxylic acids is 1. The van der Waals surface area contributed by atoms with Crippen LogP contribution in [0.3, 0.4) is 0 Å². The molecule has 1 heterocycles. The number of carbonyl (C=O) groups is 1. The molecule has 0 radical (unpaired) electrons. The minimum Gasteiger partial charge on any atom is -0.366 e. The molecular weight excluding hydrogens is 233 g/mol. The third-order valence-electron chi connectivity index (χ3n) is 3.27. The molecule has 1 aromatic rings. The molecule has 0 aliphatic carbocycles. The van der Waals surface area contributed by atoms with Crippen LogP contribution in [0.5, 0.6) is 0 Å². The van der Waals surface area contributed by atoms with Crippen LogP contribution in [0.25, 0.3) is 0 Å². The molecule has 1 aliphatic rings. The summed E-state index contributed by atoms with van der Waals surface area (Å²) in [5, 5.41) is 0. The summed E-state index contributed by atoms with van der Waals surface area (Å²) in [6.07, 6.45) is 2.07. The highest BCUT2D eigenvalue weighted by atomic mass is 19.1. The number of rotatable bonds is 3. The van der Waals surface area contributed by atoms with E-state index in [-0.39, 0.29) is 17.4 Å².